The zero-order valence-electron chi connectivity index (χ0n) is 12.1. The summed E-state index contributed by atoms with van der Waals surface area (Å²) in [5.41, 5.74) is 0.862. The maximum atomic E-state index is 11.9. The van der Waals surface area contributed by atoms with Crippen LogP contribution in [0.3, 0.4) is 0 Å². The van der Waals surface area contributed by atoms with Gasteiger partial charge in [0, 0.05) is 17.0 Å². The Balaban J connectivity index is 2.31. The highest BCUT2D eigenvalue weighted by molar-refractivity contribution is 9.10. The first-order valence-electron chi connectivity index (χ1n) is 6.71. The summed E-state index contributed by atoms with van der Waals surface area (Å²) in [5, 5.41) is 0.851. The van der Waals surface area contributed by atoms with Crippen LogP contribution in [0.15, 0.2) is 48.6 Å². The molecule has 0 fully saturated rings. The summed E-state index contributed by atoms with van der Waals surface area (Å²) in [5.74, 6) is -0.151. The largest absolute Gasteiger partial charge is 0.424 e. The van der Waals surface area contributed by atoms with Crippen molar-refractivity contribution in [3.8, 4) is 5.75 Å². The molecule has 2 nitrogen and oxygen atoms in total. The molecule has 22 heavy (non-hydrogen) atoms. The maximum absolute atomic E-state index is 11.9. The number of ether oxygens (including phenoxy) is 1. The Bertz CT molecular complexity index is 654. The van der Waals surface area contributed by atoms with Gasteiger partial charge in [-0.1, -0.05) is 75.6 Å². The number of hydrogen-bond acceptors (Lipinski definition) is 2. The van der Waals surface area contributed by atoms with Gasteiger partial charge in [0.15, 0.2) is 5.75 Å². The first kappa shape index (κ1) is 17.3. The Morgan fingerprint density at radius 1 is 1.09 bits per heavy atom. The topological polar surface area (TPSA) is 26.3 Å². The highest BCUT2D eigenvalue weighted by Crippen LogP contribution is 2.37. The molecule has 2 rings (SSSR count). The van der Waals surface area contributed by atoms with Gasteiger partial charge in [-0.3, -0.25) is 4.79 Å². The number of carbonyl (C=O) groups excluding carboxylic acids is 1. The van der Waals surface area contributed by atoms with Crippen LogP contribution in [-0.4, -0.2) is 10.3 Å². The van der Waals surface area contributed by atoms with Crippen LogP contribution < -0.4 is 4.74 Å². The second-order valence-electron chi connectivity index (χ2n) is 5.35. The highest BCUT2D eigenvalue weighted by atomic mass is 79.9. The quantitative estimate of drug-likeness (QED) is 0.361. The normalized spacial score (nSPS) is 15.0. The van der Waals surface area contributed by atoms with Crippen molar-refractivity contribution in [2.24, 2.45) is 0 Å². The monoisotopic (exact) mass is 400 g/mol. The van der Waals surface area contributed by atoms with Gasteiger partial charge in [-0.25, -0.2) is 0 Å². The van der Waals surface area contributed by atoms with Crippen LogP contribution in [0.4, 0.5) is 0 Å². The number of alkyl halides is 1. The Morgan fingerprint density at radius 2 is 1.68 bits per heavy atom. The van der Waals surface area contributed by atoms with E-state index in [0.29, 0.717) is 10.0 Å². The molecule has 0 radical (unpaired) electrons. The van der Waals surface area contributed by atoms with E-state index in [4.69, 9.17) is 27.9 Å². The number of carbonyl (C=O) groups is 1. The number of rotatable bonds is 3. The minimum Gasteiger partial charge on any atom is -0.424 e. The number of allylic oxidation sites excluding steroid dienone is 6. The molecular weight excluding hydrogens is 387 g/mol. The second-order valence-corrected chi connectivity index (χ2v) is 8.14. The molecule has 0 spiro atoms. The van der Waals surface area contributed by atoms with Crippen molar-refractivity contribution < 1.29 is 9.53 Å². The van der Waals surface area contributed by atoms with E-state index >= 15 is 0 Å². The van der Waals surface area contributed by atoms with E-state index in [1.54, 1.807) is 26.0 Å². The summed E-state index contributed by atoms with van der Waals surface area (Å²) in [6.45, 7) is 3.40. The summed E-state index contributed by atoms with van der Waals surface area (Å²) >= 11 is 15.8. The van der Waals surface area contributed by atoms with Crippen molar-refractivity contribution >= 4 is 45.1 Å². The summed E-state index contributed by atoms with van der Waals surface area (Å²) < 4.78 is 4.52. The Hall–Kier alpha value is -1.03. The predicted octanol–water partition coefficient (Wildman–Crippen LogP) is 5.84. The molecule has 5 heteroatoms. The fourth-order valence-electron chi connectivity index (χ4n) is 1.87. The van der Waals surface area contributed by atoms with E-state index < -0.39 is 10.3 Å². The SMILES string of the molecule is CC(C)(Br)C(=O)Oc1cc(Cl)c(C2C=CC=CC=C2)cc1Cl. The third-order valence-electron chi connectivity index (χ3n) is 3.07. The van der Waals surface area contributed by atoms with Crippen LogP contribution in [0.2, 0.25) is 10.0 Å². The fourth-order valence-corrected chi connectivity index (χ4v) is 2.44. The van der Waals surface area contributed by atoms with Crippen LogP contribution >= 0.6 is 39.1 Å². The molecule has 0 saturated heterocycles. The van der Waals surface area contributed by atoms with Crippen molar-refractivity contribution in [3.05, 3.63) is 64.2 Å². The van der Waals surface area contributed by atoms with Gasteiger partial charge in [0.25, 0.3) is 0 Å². The van der Waals surface area contributed by atoms with Crippen LogP contribution in [0.1, 0.15) is 25.3 Å². The van der Waals surface area contributed by atoms with Crippen molar-refractivity contribution in [1.82, 2.24) is 0 Å². The summed E-state index contributed by atoms with van der Waals surface area (Å²) in [4.78, 5) is 11.9. The predicted molar refractivity (Wildman–Crippen MR) is 95.3 cm³/mol. The van der Waals surface area contributed by atoms with Crippen molar-refractivity contribution in [2.45, 2.75) is 24.1 Å². The standard InChI is InChI=1S/C17H15BrCl2O2/c1-17(2,18)16(21)22-15-10-13(19)12(9-14(15)20)11-7-5-3-4-6-8-11/h3-11H,1-2H3. The fraction of sp³-hybridized carbons (Fsp3) is 0.235. The van der Waals surface area contributed by atoms with E-state index in [0.717, 1.165) is 5.56 Å². The molecule has 0 bridgehead atoms. The zero-order valence-corrected chi connectivity index (χ0v) is 15.2. The van der Waals surface area contributed by atoms with E-state index in [1.165, 1.54) is 0 Å². The number of halogens is 3. The van der Waals surface area contributed by atoms with Crippen molar-refractivity contribution in [2.75, 3.05) is 0 Å². The highest BCUT2D eigenvalue weighted by Gasteiger charge is 2.27. The second kappa shape index (κ2) is 7.03. The molecule has 0 amide bonds. The molecule has 116 valence electrons. The molecule has 1 aliphatic rings. The molecule has 1 aromatic carbocycles. The van der Waals surface area contributed by atoms with E-state index in [1.807, 2.05) is 36.5 Å². The molecule has 1 aromatic rings. The minimum absolute atomic E-state index is 0.0253. The van der Waals surface area contributed by atoms with Gasteiger partial charge in [0.05, 0.1) is 5.02 Å². The minimum atomic E-state index is -0.792. The molecule has 0 unspecified atom stereocenters. The summed E-state index contributed by atoms with van der Waals surface area (Å²) in [7, 11) is 0. The van der Waals surface area contributed by atoms with Gasteiger partial charge >= 0.3 is 5.97 Å². The lowest BCUT2D eigenvalue weighted by Crippen LogP contribution is -2.29. The molecule has 0 atom stereocenters. The Labute approximate surface area is 148 Å². The van der Waals surface area contributed by atoms with Crippen LogP contribution in [0, 0.1) is 0 Å². The maximum Gasteiger partial charge on any atom is 0.327 e. The van der Waals surface area contributed by atoms with Crippen molar-refractivity contribution in [1.29, 1.82) is 0 Å². The van der Waals surface area contributed by atoms with Gasteiger partial charge in [0.1, 0.15) is 4.32 Å². The molecule has 0 heterocycles. The number of benzene rings is 1. The van der Waals surface area contributed by atoms with Gasteiger partial charge in [-0.15, -0.1) is 0 Å². The van der Waals surface area contributed by atoms with Gasteiger partial charge in [-0.2, -0.15) is 0 Å². The smallest absolute Gasteiger partial charge is 0.327 e. The number of esters is 1. The van der Waals surface area contributed by atoms with E-state index in [-0.39, 0.29) is 11.7 Å². The van der Waals surface area contributed by atoms with Gasteiger partial charge in [-0.05, 0) is 25.5 Å². The Kier molecular flexibility index (Phi) is 5.54. The molecule has 0 N–H and O–H groups in total. The van der Waals surface area contributed by atoms with E-state index in [9.17, 15) is 4.79 Å². The average molecular weight is 402 g/mol. The first-order chi connectivity index (χ1) is 10.3. The number of hydrogen-bond donors (Lipinski definition) is 0. The molecular formula is C17H15BrCl2O2. The summed E-state index contributed by atoms with van der Waals surface area (Å²) in [6.07, 6.45) is 11.8. The molecule has 0 aromatic heterocycles. The molecule has 0 saturated carbocycles. The van der Waals surface area contributed by atoms with Crippen LogP contribution in [-0.2, 0) is 4.79 Å². The van der Waals surface area contributed by atoms with Crippen LogP contribution in [0.25, 0.3) is 0 Å². The Morgan fingerprint density at radius 3 is 2.23 bits per heavy atom. The zero-order chi connectivity index (χ0) is 16.3. The molecule has 0 aliphatic heterocycles. The summed E-state index contributed by atoms with van der Waals surface area (Å²) in [6, 6.07) is 3.31. The lowest BCUT2D eigenvalue weighted by Gasteiger charge is -2.17. The third-order valence-corrected chi connectivity index (χ3v) is 4.02. The third kappa shape index (κ3) is 4.25. The van der Waals surface area contributed by atoms with Gasteiger partial charge in [0.2, 0.25) is 0 Å². The molecule has 1 aliphatic carbocycles. The van der Waals surface area contributed by atoms with Crippen LogP contribution in [0.5, 0.6) is 5.75 Å². The van der Waals surface area contributed by atoms with E-state index in [2.05, 4.69) is 15.9 Å². The van der Waals surface area contributed by atoms with Gasteiger partial charge < -0.3 is 4.74 Å². The lowest BCUT2D eigenvalue weighted by atomic mass is 9.98. The first-order valence-corrected chi connectivity index (χ1v) is 8.25. The van der Waals surface area contributed by atoms with Crippen molar-refractivity contribution in [3.63, 3.8) is 0 Å². The lowest BCUT2D eigenvalue weighted by molar-refractivity contribution is -0.136. The average Bonchev–Trinajstić information content (AvgIpc) is 2.70.